The molecule has 0 aliphatic rings. The highest BCUT2D eigenvalue weighted by Gasteiger charge is 2.02. The molecule has 1 aromatic carbocycles. The van der Waals surface area contributed by atoms with Crippen LogP contribution in [-0.4, -0.2) is 17.8 Å². The van der Waals surface area contributed by atoms with Crippen LogP contribution >= 0.6 is 11.8 Å². The molecule has 0 bridgehead atoms. The monoisotopic (exact) mass is 302 g/mol. The van der Waals surface area contributed by atoms with E-state index in [1.54, 1.807) is 11.8 Å². The summed E-state index contributed by atoms with van der Waals surface area (Å²) in [4.78, 5) is 5.74. The highest BCUT2D eigenvalue weighted by atomic mass is 32.2. The molecule has 0 radical (unpaired) electrons. The first-order valence-electron chi connectivity index (χ1n) is 7.16. The largest absolute Gasteiger partial charge is 0.439 e. The third-order valence-electron chi connectivity index (χ3n) is 2.92. The second kappa shape index (κ2) is 8.05. The minimum absolute atomic E-state index is 0.635. The first kappa shape index (κ1) is 15.9. The van der Waals surface area contributed by atoms with E-state index in [0.29, 0.717) is 11.8 Å². The van der Waals surface area contributed by atoms with Crippen LogP contribution < -0.4 is 10.1 Å². The van der Waals surface area contributed by atoms with E-state index < -0.39 is 0 Å². The molecule has 0 unspecified atom stereocenters. The molecule has 3 nitrogen and oxygen atoms in total. The molecular weight excluding hydrogens is 280 g/mol. The van der Waals surface area contributed by atoms with Gasteiger partial charge >= 0.3 is 0 Å². The molecule has 0 saturated heterocycles. The van der Waals surface area contributed by atoms with Crippen LogP contribution in [0.15, 0.2) is 47.4 Å². The molecule has 2 rings (SSSR count). The third kappa shape index (κ3) is 5.40. The summed E-state index contributed by atoms with van der Waals surface area (Å²) >= 11 is 1.72. The van der Waals surface area contributed by atoms with Crippen LogP contribution in [0.3, 0.4) is 0 Å². The Morgan fingerprint density at radius 2 is 1.90 bits per heavy atom. The summed E-state index contributed by atoms with van der Waals surface area (Å²) in [5, 5.41) is 3.39. The Morgan fingerprint density at radius 3 is 2.57 bits per heavy atom. The molecule has 0 saturated carbocycles. The molecular formula is C17H22N2OS. The van der Waals surface area contributed by atoms with Crippen molar-refractivity contribution in [3.8, 4) is 11.6 Å². The van der Waals surface area contributed by atoms with Crippen molar-refractivity contribution in [1.82, 2.24) is 10.3 Å². The van der Waals surface area contributed by atoms with Gasteiger partial charge in [0.25, 0.3) is 0 Å². The number of hydrogen-bond donors (Lipinski definition) is 1. The number of aromatic nitrogens is 1. The number of thioether (sulfide) groups is 1. The van der Waals surface area contributed by atoms with Gasteiger partial charge in [0, 0.05) is 17.5 Å². The fraction of sp³-hybridized carbons (Fsp3) is 0.353. The van der Waals surface area contributed by atoms with Gasteiger partial charge in [-0.15, -0.1) is 11.8 Å². The Hall–Kier alpha value is -1.52. The van der Waals surface area contributed by atoms with Crippen LogP contribution in [0.2, 0.25) is 0 Å². The summed E-state index contributed by atoms with van der Waals surface area (Å²) < 4.78 is 5.80. The number of pyridine rings is 1. The van der Waals surface area contributed by atoms with E-state index in [9.17, 15) is 0 Å². The van der Waals surface area contributed by atoms with E-state index in [-0.39, 0.29) is 0 Å². The molecule has 0 amide bonds. The van der Waals surface area contributed by atoms with Crippen LogP contribution in [0.5, 0.6) is 11.6 Å². The standard InChI is InChI=1S/C17H22N2OS/c1-13(2)11-18-12-14-5-4-6-17(19-14)20-15-7-9-16(21-3)10-8-15/h4-10,13,18H,11-12H2,1-3H3. The van der Waals surface area contributed by atoms with Crippen LogP contribution in [0.25, 0.3) is 0 Å². The Balaban J connectivity index is 1.96. The van der Waals surface area contributed by atoms with Gasteiger partial charge in [0.2, 0.25) is 5.88 Å². The molecule has 1 aromatic heterocycles. The van der Waals surface area contributed by atoms with E-state index in [0.717, 1.165) is 24.5 Å². The zero-order valence-corrected chi connectivity index (χ0v) is 13.6. The lowest BCUT2D eigenvalue weighted by Gasteiger charge is -2.09. The summed E-state index contributed by atoms with van der Waals surface area (Å²) in [5.41, 5.74) is 0.994. The lowest BCUT2D eigenvalue weighted by atomic mass is 10.2. The van der Waals surface area contributed by atoms with Crippen molar-refractivity contribution in [2.24, 2.45) is 5.92 Å². The summed E-state index contributed by atoms with van der Waals surface area (Å²) in [6.07, 6.45) is 2.06. The minimum atomic E-state index is 0.635. The molecule has 0 aliphatic heterocycles. The van der Waals surface area contributed by atoms with Crippen molar-refractivity contribution in [3.63, 3.8) is 0 Å². The number of nitrogens with one attached hydrogen (secondary N) is 1. The fourth-order valence-corrected chi connectivity index (χ4v) is 2.27. The third-order valence-corrected chi connectivity index (χ3v) is 3.67. The predicted molar refractivity (Wildman–Crippen MR) is 89.1 cm³/mol. The number of ether oxygens (including phenoxy) is 1. The maximum absolute atomic E-state index is 5.80. The summed E-state index contributed by atoms with van der Waals surface area (Å²) in [7, 11) is 0. The van der Waals surface area contributed by atoms with Gasteiger partial charge in [0.05, 0.1) is 5.69 Å². The van der Waals surface area contributed by atoms with Crippen molar-refractivity contribution in [3.05, 3.63) is 48.2 Å². The molecule has 112 valence electrons. The summed E-state index contributed by atoms with van der Waals surface area (Å²) in [6, 6.07) is 13.9. The predicted octanol–water partition coefficient (Wildman–Crippen LogP) is 4.34. The number of nitrogens with zero attached hydrogens (tertiary/aromatic N) is 1. The van der Waals surface area contributed by atoms with Gasteiger partial charge in [-0.1, -0.05) is 19.9 Å². The van der Waals surface area contributed by atoms with Gasteiger partial charge in [-0.05, 0) is 49.1 Å². The lowest BCUT2D eigenvalue weighted by molar-refractivity contribution is 0.458. The highest BCUT2D eigenvalue weighted by Crippen LogP contribution is 2.23. The van der Waals surface area contributed by atoms with Crippen molar-refractivity contribution in [1.29, 1.82) is 0 Å². The molecule has 4 heteroatoms. The van der Waals surface area contributed by atoms with Gasteiger partial charge in [0.1, 0.15) is 5.75 Å². The zero-order valence-electron chi connectivity index (χ0n) is 12.8. The summed E-state index contributed by atoms with van der Waals surface area (Å²) in [5.74, 6) is 2.09. The average molecular weight is 302 g/mol. The first-order valence-corrected chi connectivity index (χ1v) is 8.38. The molecule has 0 fully saturated rings. The van der Waals surface area contributed by atoms with Gasteiger partial charge in [-0.25, -0.2) is 4.98 Å². The average Bonchev–Trinajstić information content (AvgIpc) is 2.48. The molecule has 0 atom stereocenters. The maximum Gasteiger partial charge on any atom is 0.219 e. The van der Waals surface area contributed by atoms with E-state index in [2.05, 4.69) is 30.4 Å². The number of hydrogen-bond acceptors (Lipinski definition) is 4. The Bertz CT molecular complexity index is 555. The molecule has 2 aromatic rings. The van der Waals surface area contributed by atoms with E-state index >= 15 is 0 Å². The van der Waals surface area contributed by atoms with Crippen molar-refractivity contribution >= 4 is 11.8 Å². The van der Waals surface area contributed by atoms with Crippen LogP contribution in [0.1, 0.15) is 19.5 Å². The van der Waals surface area contributed by atoms with Crippen LogP contribution in [0, 0.1) is 5.92 Å². The smallest absolute Gasteiger partial charge is 0.219 e. The van der Waals surface area contributed by atoms with Gasteiger partial charge in [0.15, 0.2) is 0 Å². The normalized spacial score (nSPS) is 10.9. The molecule has 1 heterocycles. The van der Waals surface area contributed by atoms with Crippen LogP contribution in [-0.2, 0) is 6.54 Å². The quantitative estimate of drug-likeness (QED) is 0.771. The molecule has 0 aliphatic carbocycles. The first-order chi connectivity index (χ1) is 10.2. The van der Waals surface area contributed by atoms with E-state index in [4.69, 9.17) is 4.74 Å². The topological polar surface area (TPSA) is 34.1 Å². The van der Waals surface area contributed by atoms with E-state index in [1.165, 1.54) is 4.90 Å². The van der Waals surface area contributed by atoms with Gasteiger partial charge in [-0.2, -0.15) is 0 Å². The van der Waals surface area contributed by atoms with Crippen LogP contribution in [0.4, 0.5) is 0 Å². The summed E-state index contributed by atoms with van der Waals surface area (Å²) in [6.45, 7) is 6.14. The van der Waals surface area contributed by atoms with Crippen molar-refractivity contribution < 1.29 is 4.74 Å². The minimum Gasteiger partial charge on any atom is -0.439 e. The SMILES string of the molecule is CSc1ccc(Oc2cccc(CNCC(C)C)n2)cc1. The molecule has 0 spiro atoms. The number of rotatable bonds is 7. The van der Waals surface area contributed by atoms with Gasteiger partial charge in [-0.3, -0.25) is 0 Å². The Morgan fingerprint density at radius 1 is 1.14 bits per heavy atom. The lowest BCUT2D eigenvalue weighted by Crippen LogP contribution is -2.19. The van der Waals surface area contributed by atoms with Crippen molar-refractivity contribution in [2.45, 2.75) is 25.3 Å². The Kier molecular flexibility index (Phi) is 6.08. The highest BCUT2D eigenvalue weighted by molar-refractivity contribution is 7.98. The molecule has 1 N–H and O–H groups in total. The van der Waals surface area contributed by atoms with E-state index in [1.807, 2.05) is 42.5 Å². The maximum atomic E-state index is 5.80. The number of benzene rings is 1. The second-order valence-electron chi connectivity index (χ2n) is 5.27. The van der Waals surface area contributed by atoms with Crippen molar-refractivity contribution in [2.75, 3.05) is 12.8 Å². The fourth-order valence-electron chi connectivity index (χ4n) is 1.87. The zero-order chi connectivity index (χ0) is 15.1. The Labute approximate surface area is 131 Å². The second-order valence-corrected chi connectivity index (χ2v) is 6.15. The van der Waals surface area contributed by atoms with Gasteiger partial charge < -0.3 is 10.1 Å². The molecule has 21 heavy (non-hydrogen) atoms.